The maximum Gasteiger partial charge on any atom is 0.326 e. The Morgan fingerprint density at radius 2 is 2.09 bits per heavy atom. The molecule has 1 aliphatic rings. The highest BCUT2D eigenvalue weighted by Gasteiger charge is 2.31. The van der Waals surface area contributed by atoms with Crippen molar-refractivity contribution in [2.24, 2.45) is 0 Å². The molecule has 2 rings (SSSR count). The number of anilines is 1. The summed E-state index contributed by atoms with van der Waals surface area (Å²) in [6, 6.07) is 5.77. The molecule has 8 heteroatoms. The molecule has 1 aromatic carbocycles. The van der Waals surface area contributed by atoms with Gasteiger partial charge in [0.1, 0.15) is 6.04 Å². The first-order chi connectivity index (χ1) is 10.8. The summed E-state index contributed by atoms with van der Waals surface area (Å²) in [5, 5.41) is 9.22. The number of nitrogens with one attached hydrogen (secondary N) is 1. The molecule has 0 saturated carbocycles. The number of likely N-dealkylation sites (tertiary alicyclic amines) is 1. The Morgan fingerprint density at radius 1 is 1.35 bits per heavy atom. The zero-order chi connectivity index (χ0) is 17.0. The van der Waals surface area contributed by atoms with Crippen LogP contribution in [0.2, 0.25) is 0 Å². The molecule has 126 valence electrons. The van der Waals surface area contributed by atoms with Crippen LogP contribution in [-0.2, 0) is 26.0 Å². The zero-order valence-electron chi connectivity index (χ0n) is 12.9. The van der Waals surface area contributed by atoms with Crippen LogP contribution in [0.1, 0.15) is 24.8 Å². The minimum absolute atomic E-state index is 0.0447. The number of carboxylic acids is 1. The lowest BCUT2D eigenvalue weighted by molar-refractivity contribution is -0.151. The van der Waals surface area contributed by atoms with E-state index in [2.05, 4.69) is 4.72 Å². The third-order valence-corrected chi connectivity index (χ3v) is 4.30. The molecule has 1 amide bonds. The van der Waals surface area contributed by atoms with E-state index in [1.54, 1.807) is 24.3 Å². The number of hydrogen-bond acceptors (Lipinski definition) is 4. The molecule has 0 radical (unpaired) electrons. The number of aliphatic carboxylic acids is 1. The minimum Gasteiger partial charge on any atom is -0.480 e. The molecule has 1 saturated heterocycles. The van der Waals surface area contributed by atoms with E-state index in [9.17, 15) is 23.1 Å². The van der Waals surface area contributed by atoms with Crippen LogP contribution in [0.15, 0.2) is 24.3 Å². The molecule has 1 heterocycles. The van der Waals surface area contributed by atoms with E-state index in [-0.39, 0.29) is 12.3 Å². The van der Waals surface area contributed by atoms with E-state index in [4.69, 9.17) is 0 Å². The van der Waals surface area contributed by atoms with Gasteiger partial charge in [0.2, 0.25) is 15.9 Å². The van der Waals surface area contributed by atoms with Crippen molar-refractivity contribution in [3.63, 3.8) is 0 Å². The van der Waals surface area contributed by atoms with Crippen LogP contribution in [0.5, 0.6) is 0 Å². The fraction of sp³-hybridized carbons (Fsp3) is 0.467. The van der Waals surface area contributed by atoms with Crippen molar-refractivity contribution in [3.8, 4) is 0 Å². The molecule has 1 aromatic rings. The maximum atomic E-state index is 12.4. The molecule has 1 atom stereocenters. The fourth-order valence-electron chi connectivity index (χ4n) is 2.72. The van der Waals surface area contributed by atoms with Gasteiger partial charge in [-0.2, -0.15) is 0 Å². The Morgan fingerprint density at radius 3 is 2.74 bits per heavy atom. The molecule has 23 heavy (non-hydrogen) atoms. The smallest absolute Gasteiger partial charge is 0.326 e. The van der Waals surface area contributed by atoms with Gasteiger partial charge in [0, 0.05) is 12.2 Å². The summed E-state index contributed by atoms with van der Waals surface area (Å²) < 4.78 is 24.9. The van der Waals surface area contributed by atoms with Gasteiger partial charge >= 0.3 is 5.97 Å². The Labute approximate surface area is 135 Å². The molecule has 0 aliphatic carbocycles. The number of hydrogen-bond donors (Lipinski definition) is 2. The molecule has 1 fully saturated rings. The highest BCUT2D eigenvalue weighted by atomic mass is 32.2. The van der Waals surface area contributed by atoms with Gasteiger partial charge in [-0.15, -0.1) is 0 Å². The highest BCUT2D eigenvalue weighted by molar-refractivity contribution is 7.92. The Bertz CT molecular complexity index is 702. The van der Waals surface area contributed by atoms with Gasteiger partial charge < -0.3 is 10.0 Å². The number of piperidine rings is 1. The monoisotopic (exact) mass is 340 g/mol. The molecule has 1 unspecified atom stereocenters. The lowest BCUT2D eigenvalue weighted by atomic mass is 10.0. The predicted molar refractivity (Wildman–Crippen MR) is 85.6 cm³/mol. The SMILES string of the molecule is CS(=O)(=O)Nc1cccc(CC(=O)N2CCCCC2C(=O)O)c1. The van der Waals surface area contributed by atoms with Crippen LogP contribution in [0.25, 0.3) is 0 Å². The number of rotatable bonds is 5. The van der Waals surface area contributed by atoms with E-state index >= 15 is 0 Å². The lowest BCUT2D eigenvalue weighted by Crippen LogP contribution is -2.48. The first kappa shape index (κ1) is 17.3. The molecule has 1 aliphatic heterocycles. The summed E-state index contributed by atoms with van der Waals surface area (Å²) in [4.78, 5) is 25.1. The summed E-state index contributed by atoms with van der Waals surface area (Å²) >= 11 is 0. The Kier molecular flexibility index (Phi) is 5.25. The van der Waals surface area contributed by atoms with Gasteiger partial charge in [-0.3, -0.25) is 9.52 Å². The van der Waals surface area contributed by atoms with Gasteiger partial charge in [0.05, 0.1) is 12.7 Å². The lowest BCUT2D eigenvalue weighted by Gasteiger charge is -2.33. The molecular formula is C15H20N2O5S. The summed E-state index contributed by atoms with van der Waals surface area (Å²) in [6.07, 6.45) is 3.16. The largest absolute Gasteiger partial charge is 0.480 e. The highest BCUT2D eigenvalue weighted by Crippen LogP contribution is 2.19. The van der Waals surface area contributed by atoms with Gasteiger partial charge in [-0.05, 0) is 37.0 Å². The van der Waals surface area contributed by atoms with E-state index in [1.165, 1.54) is 4.90 Å². The second-order valence-electron chi connectivity index (χ2n) is 5.69. The molecule has 2 N–H and O–H groups in total. The maximum absolute atomic E-state index is 12.4. The molecule has 0 aromatic heterocycles. The fourth-order valence-corrected chi connectivity index (χ4v) is 3.28. The van der Waals surface area contributed by atoms with E-state index in [0.29, 0.717) is 24.2 Å². The quantitative estimate of drug-likeness (QED) is 0.834. The van der Waals surface area contributed by atoms with Crippen molar-refractivity contribution < 1.29 is 23.1 Å². The number of carbonyl (C=O) groups is 2. The molecule has 7 nitrogen and oxygen atoms in total. The molecule has 0 bridgehead atoms. The third kappa shape index (κ3) is 4.95. The first-order valence-electron chi connectivity index (χ1n) is 7.35. The average Bonchev–Trinajstić information content (AvgIpc) is 2.45. The van der Waals surface area contributed by atoms with Crippen LogP contribution >= 0.6 is 0 Å². The number of amides is 1. The van der Waals surface area contributed by atoms with Crippen LogP contribution in [0, 0.1) is 0 Å². The van der Waals surface area contributed by atoms with Crippen LogP contribution in [-0.4, -0.2) is 49.1 Å². The average molecular weight is 340 g/mol. The van der Waals surface area contributed by atoms with Crippen LogP contribution in [0.4, 0.5) is 5.69 Å². The first-order valence-corrected chi connectivity index (χ1v) is 9.24. The second-order valence-corrected chi connectivity index (χ2v) is 7.44. The summed E-state index contributed by atoms with van der Waals surface area (Å²) in [5.74, 6) is -1.24. The van der Waals surface area contributed by atoms with Crippen molar-refractivity contribution in [2.45, 2.75) is 31.7 Å². The van der Waals surface area contributed by atoms with Crippen molar-refractivity contribution in [1.82, 2.24) is 4.90 Å². The topological polar surface area (TPSA) is 104 Å². The minimum atomic E-state index is -3.39. The van der Waals surface area contributed by atoms with Gasteiger partial charge in [-0.1, -0.05) is 12.1 Å². The van der Waals surface area contributed by atoms with Crippen molar-refractivity contribution in [2.75, 3.05) is 17.5 Å². The number of nitrogens with zero attached hydrogens (tertiary/aromatic N) is 1. The third-order valence-electron chi connectivity index (χ3n) is 3.69. The van der Waals surface area contributed by atoms with Crippen LogP contribution in [0.3, 0.4) is 0 Å². The second kappa shape index (κ2) is 6.99. The summed E-state index contributed by atoms with van der Waals surface area (Å²) in [6.45, 7) is 0.442. The van der Waals surface area contributed by atoms with Crippen molar-refractivity contribution in [1.29, 1.82) is 0 Å². The number of sulfonamides is 1. The normalized spacial score (nSPS) is 18.5. The standard InChI is InChI=1S/C15H20N2O5S/c1-23(21,22)16-12-6-4-5-11(9-12)10-14(18)17-8-3-2-7-13(17)15(19)20/h4-6,9,13,16H,2-3,7-8,10H2,1H3,(H,19,20). The molecular weight excluding hydrogens is 320 g/mol. The number of benzene rings is 1. The molecule has 0 spiro atoms. The van der Waals surface area contributed by atoms with Gasteiger partial charge in [0.15, 0.2) is 0 Å². The van der Waals surface area contributed by atoms with Crippen molar-refractivity contribution in [3.05, 3.63) is 29.8 Å². The Hall–Kier alpha value is -2.09. The number of carboxylic acid groups (broad SMARTS) is 1. The van der Waals surface area contributed by atoms with Crippen molar-refractivity contribution >= 4 is 27.6 Å². The van der Waals surface area contributed by atoms with E-state index in [0.717, 1.165) is 19.1 Å². The van der Waals surface area contributed by atoms with E-state index in [1.807, 2.05) is 0 Å². The number of carbonyl (C=O) groups excluding carboxylic acids is 1. The van der Waals surface area contributed by atoms with Gasteiger partial charge in [0.25, 0.3) is 0 Å². The summed E-state index contributed by atoms with van der Waals surface area (Å²) in [7, 11) is -3.39. The van der Waals surface area contributed by atoms with E-state index < -0.39 is 22.0 Å². The summed E-state index contributed by atoms with van der Waals surface area (Å²) in [5.41, 5.74) is 1.02. The van der Waals surface area contributed by atoms with Gasteiger partial charge in [-0.25, -0.2) is 13.2 Å². The zero-order valence-corrected chi connectivity index (χ0v) is 13.7. The van der Waals surface area contributed by atoms with Crippen LogP contribution < -0.4 is 4.72 Å². The Balaban J connectivity index is 2.10. The predicted octanol–water partition coefficient (Wildman–Crippen LogP) is 1.07.